The Morgan fingerprint density at radius 2 is 2.00 bits per heavy atom. The van der Waals surface area contributed by atoms with E-state index >= 15 is 0 Å². The third kappa shape index (κ3) is 4.98. The van der Waals surface area contributed by atoms with Gasteiger partial charge in [0.1, 0.15) is 5.82 Å². The summed E-state index contributed by atoms with van der Waals surface area (Å²) in [6.07, 6.45) is 6.19. The Bertz CT molecular complexity index is 917. The van der Waals surface area contributed by atoms with Crippen molar-refractivity contribution in [3.05, 3.63) is 71.6 Å². The zero-order valence-electron chi connectivity index (χ0n) is 16.5. The van der Waals surface area contributed by atoms with Crippen LogP contribution in [0.5, 0.6) is 0 Å². The van der Waals surface area contributed by atoms with Gasteiger partial charge in [-0.05, 0) is 56.4 Å². The Kier molecular flexibility index (Phi) is 6.11. The maximum atomic E-state index is 12.3. The fraction of sp³-hybridized carbons (Fsp3) is 0.273. The van der Waals surface area contributed by atoms with Crippen LogP contribution < -0.4 is 16.1 Å². The zero-order valence-corrected chi connectivity index (χ0v) is 16.5. The molecule has 1 aliphatic rings. The van der Waals surface area contributed by atoms with Crippen molar-refractivity contribution in [2.24, 2.45) is 0 Å². The van der Waals surface area contributed by atoms with Crippen molar-refractivity contribution in [1.29, 1.82) is 0 Å². The molecule has 0 radical (unpaired) electrons. The molecule has 1 aromatic carbocycles. The molecule has 1 aliphatic carbocycles. The smallest absolute Gasteiger partial charge is 0.276 e. The van der Waals surface area contributed by atoms with Crippen LogP contribution in [0.4, 0.5) is 17.2 Å². The number of hydrogen-bond donors (Lipinski definition) is 3. The number of carbonyl (C=O) groups is 1. The second kappa shape index (κ2) is 8.71. The van der Waals surface area contributed by atoms with Gasteiger partial charge in [0.2, 0.25) is 0 Å². The predicted octanol–water partition coefficient (Wildman–Crippen LogP) is 4.89. The van der Waals surface area contributed by atoms with Gasteiger partial charge in [0.05, 0.1) is 18.4 Å². The third-order valence-electron chi connectivity index (χ3n) is 4.38. The van der Waals surface area contributed by atoms with Gasteiger partial charge in [0.15, 0.2) is 0 Å². The number of carbonyl (C=O) groups excluding carboxylic acids is 1. The number of hydrogen-bond acceptors (Lipinski definition) is 5. The molecule has 28 heavy (non-hydrogen) atoms. The van der Waals surface area contributed by atoms with Crippen LogP contribution in [-0.2, 0) is 4.84 Å². The molecule has 0 spiro atoms. The van der Waals surface area contributed by atoms with E-state index in [-0.39, 0.29) is 5.91 Å². The summed E-state index contributed by atoms with van der Waals surface area (Å²) in [5.41, 5.74) is 7.64. The monoisotopic (exact) mass is 378 g/mol. The van der Waals surface area contributed by atoms with Gasteiger partial charge in [-0.15, -0.1) is 0 Å². The van der Waals surface area contributed by atoms with E-state index in [1.54, 1.807) is 6.07 Å². The van der Waals surface area contributed by atoms with Gasteiger partial charge in [0, 0.05) is 23.6 Å². The normalized spacial score (nSPS) is 13.8. The van der Waals surface area contributed by atoms with Gasteiger partial charge in [-0.1, -0.05) is 24.3 Å². The average molecular weight is 378 g/mol. The second-order valence-corrected chi connectivity index (χ2v) is 7.04. The number of aromatic nitrogens is 1. The first kappa shape index (κ1) is 19.6. The number of hydroxylamine groups is 1. The molecule has 0 aliphatic heterocycles. The van der Waals surface area contributed by atoms with E-state index in [0.717, 1.165) is 41.2 Å². The molecule has 0 bridgehead atoms. The van der Waals surface area contributed by atoms with Crippen molar-refractivity contribution in [2.45, 2.75) is 32.6 Å². The largest absolute Gasteiger partial charge is 0.354 e. The van der Waals surface area contributed by atoms with Crippen LogP contribution >= 0.6 is 0 Å². The zero-order chi connectivity index (χ0) is 20.1. The fourth-order valence-electron chi connectivity index (χ4n) is 3.05. The molecule has 0 unspecified atom stereocenters. The van der Waals surface area contributed by atoms with Crippen LogP contribution in [0, 0.1) is 0 Å². The van der Waals surface area contributed by atoms with Gasteiger partial charge in [-0.2, -0.15) is 0 Å². The summed E-state index contributed by atoms with van der Waals surface area (Å²) < 4.78 is 0. The number of rotatable bonds is 8. The van der Waals surface area contributed by atoms with Crippen LogP contribution in [0.15, 0.2) is 60.5 Å². The molecular formula is C22H26N4O2. The van der Waals surface area contributed by atoms with Gasteiger partial charge in [-0.3, -0.25) is 9.63 Å². The van der Waals surface area contributed by atoms with Gasteiger partial charge < -0.3 is 10.6 Å². The van der Waals surface area contributed by atoms with Crippen LogP contribution in [0.2, 0.25) is 0 Å². The summed E-state index contributed by atoms with van der Waals surface area (Å²) in [5, 5.41) is 6.72. The molecule has 1 amide bonds. The molecule has 1 aromatic heterocycles. The first-order valence-electron chi connectivity index (χ1n) is 9.28. The van der Waals surface area contributed by atoms with E-state index in [1.165, 1.54) is 7.11 Å². The number of nitrogens with one attached hydrogen (secondary N) is 3. The van der Waals surface area contributed by atoms with Crippen LogP contribution in [0.3, 0.4) is 0 Å². The lowest BCUT2D eigenvalue weighted by Crippen LogP contribution is -2.22. The Morgan fingerprint density at radius 1 is 1.25 bits per heavy atom. The van der Waals surface area contributed by atoms with E-state index in [0.29, 0.717) is 17.2 Å². The summed E-state index contributed by atoms with van der Waals surface area (Å²) in [7, 11) is 1.42. The highest BCUT2D eigenvalue weighted by atomic mass is 16.6. The number of para-hydroxylation sites is 1. The Balaban J connectivity index is 1.91. The van der Waals surface area contributed by atoms with Crippen molar-refractivity contribution in [3.63, 3.8) is 0 Å². The molecule has 1 fully saturated rings. The molecule has 1 saturated carbocycles. The van der Waals surface area contributed by atoms with Gasteiger partial charge >= 0.3 is 0 Å². The Labute approximate surface area is 165 Å². The molecule has 146 valence electrons. The highest BCUT2D eigenvalue weighted by Gasteiger charge is 2.27. The lowest BCUT2D eigenvalue weighted by atomic mass is 10.1. The summed E-state index contributed by atoms with van der Waals surface area (Å²) >= 11 is 0. The summed E-state index contributed by atoms with van der Waals surface area (Å²) in [4.78, 5) is 21.6. The number of benzene rings is 1. The topological polar surface area (TPSA) is 75.3 Å². The lowest BCUT2D eigenvalue weighted by molar-refractivity contribution is 0.0538. The number of amides is 1. The Morgan fingerprint density at radius 3 is 2.68 bits per heavy atom. The highest BCUT2D eigenvalue weighted by molar-refractivity contribution is 5.99. The van der Waals surface area contributed by atoms with Crippen molar-refractivity contribution in [1.82, 2.24) is 10.5 Å². The first-order chi connectivity index (χ1) is 13.5. The molecule has 3 N–H and O–H groups in total. The number of anilines is 3. The first-order valence-corrected chi connectivity index (χ1v) is 9.28. The van der Waals surface area contributed by atoms with Crippen LogP contribution in [0.25, 0.3) is 0 Å². The third-order valence-corrected chi connectivity index (χ3v) is 4.38. The maximum absolute atomic E-state index is 12.3. The minimum absolute atomic E-state index is 0.300. The molecule has 3 rings (SSSR count). The number of allylic oxidation sites excluding steroid dienone is 3. The quantitative estimate of drug-likeness (QED) is 0.451. The van der Waals surface area contributed by atoms with Crippen molar-refractivity contribution >= 4 is 23.1 Å². The number of nitrogens with zero attached hydrogens (tertiary/aromatic N) is 1. The van der Waals surface area contributed by atoms with Crippen molar-refractivity contribution in [2.75, 3.05) is 17.7 Å². The van der Waals surface area contributed by atoms with E-state index in [1.807, 2.05) is 50.4 Å². The summed E-state index contributed by atoms with van der Waals surface area (Å²) in [6.45, 7) is 7.82. The van der Waals surface area contributed by atoms with Crippen LogP contribution in [0.1, 0.15) is 48.5 Å². The second-order valence-electron chi connectivity index (χ2n) is 7.04. The van der Waals surface area contributed by atoms with Crippen LogP contribution in [-0.4, -0.2) is 18.0 Å². The van der Waals surface area contributed by atoms with E-state index in [2.05, 4.69) is 27.7 Å². The lowest BCUT2D eigenvalue weighted by Gasteiger charge is -2.16. The molecule has 2 aromatic rings. The van der Waals surface area contributed by atoms with Gasteiger partial charge in [-0.25, -0.2) is 10.5 Å². The molecule has 6 nitrogen and oxygen atoms in total. The maximum Gasteiger partial charge on any atom is 0.276 e. The van der Waals surface area contributed by atoms with Crippen molar-refractivity contribution < 1.29 is 9.63 Å². The molecule has 1 heterocycles. The SMILES string of the molecule is C=C(C)/C=C(\C)Nc1cc(Nc2ccccc2C(=O)NOC)c(C2CC2)cn1. The highest BCUT2D eigenvalue weighted by Crippen LogP contribution is 2.44. The molecular weight excluding hydrogens is 352 g/mol. The number of pyridine rings is 1. The summed E-state index contributed by atoms with van der Waals surface area (Å²) in [5.74, 6) is 0.947. The van der Waals surface area contributed by atoms with Gasteiger partial charge in [0.25, 0.3) is 5.91 Å². The standard InChI is InChI=1S/C22H26N4O2/c1-14(2)11-15(3)24-21-12-20(18(13-23-21)16-9-10-16)25-19-8-6-5-7-17(19)22(27)26-28-4/h5-8,11-13,16H,1,9-10H2,2-4H3,(H,26,27)(H2,23,24,25)/b15-11+. The van der Waals surface area contributed by atoms with Crippen molar-refractivity contribution in [3.8, 4) is 0 Å². The predicted molar refractivity (Wildman–Crippen MR) is 113 cm³/mol. The Hall–Kier alpha value is -3.12. The summed E-state index contributed by atoms with van der Waals surface area (Å²) in [6, 6.07) is 9.33. The fourth-order valence-corrected chi connectivity index (χ4v) is 3.05. The minimum Gasteiger partial charge on any atom is -0.354 e. The minimum atomic E-state index is -0.300. The van der Waals surface area contributed by atoms with E-state index in [9.17, 15) is 4.79 Å². The van der Waals surface area contributed by atoms with E-state index < -0.39 is 0 Å². The molecule has 6 heteroatoms. The molecule has 0 atom stereocenters. The van der Waals surface area contributed by atoms with E-state index in [4.69, 9.17) is 4.84 Å². The average Bonchev–Trinajstić information content (AvgIpc) is 3.47. The molecule has 0 saturated heterocycles.